The van der Waals surface area contributed by atoms with Gasteiger partial charge in [0.25, 0.3) is 5.91 Å². The van der Waals surface area contributed by atoms with Gasteiger partial charge in [-0.15, -0.1) is 0 Å². The number of piperazine rings is 1. The molecule has 0 spiro atoms. The lowest BCUT2D eigenvalue weighted by Gasteiger charge is -2.34. The molecule has 142 valence electrons. The first-order valence-corrected chi connectivity index (χ1v) is 9.75. The Hall–Kier alpha value is -2.83. The summed E-state index contributed by atoms with van der Waals surface area (Å²) >= 11 is 6.04. The molecule has 4 heterocycles. The highest BCUT2D eigenvalue weighted by Gasteiger charge is 2.23. The van der Waals surface area contributed by atoms with Gasteiger partial charge < -0.3 is 14.9 Å². The molecule has 4 aromatic rings. The van der Waals surface area contributed by atoms with Gasteiger partial charge in [-0.2, -0.15) is 0 Å². The van der Waals surface area contributed by atoms with Crippen LogP contribution in [0.4, 0.5) is 0 Å². The molecule has 0 radical (unpaired) electrons. The zero-order chi connectivity index (χ0) is 19.1. The Morgan fingerprint density at radius 3 is 2.64 bits per heavy atom. The smallest absolute Gasteiger partial charge is 0.270 e. The minimum absolute atomic E-state index is 0.0451. The lowest BCUT2D eigenvalue weighted by Crippen LogP contribution is -2.48. The molecule has 0 aliphatic carbocycles. The van der Waals surface area contributed by atoms with E-state index in [1.54, 1.807) is 6.20 Å². The molecule has 28 heavy (non-hydrogen) atoms. The molecule has 1 aromatic carbocycles. The van der Waals surface area contributed by atoms with E-state index in [0.29, 0.717) is 10.7 Å². The van der Waals surface area contributed by atoms with Crippen LogP contribution in [0.1, 0.15) is 16.2 Å². The van der Waals surface area contributed by atoms with Gasteiger partial charge in [-0.1, -0.05) is 11.6 Å². The van der Waals surface area contributed by atoms with Crippen molar-refractivity contribution in [3.63, 3.8) is 0 Å². The van der Waals surface area contributed by atoms with Crippen LogP contribution in [0, 0.1) is 0 Å². The van der Waals surface area contributed by atoms with Gasteiger partial charge in [0.2, 0.25) is 0 Å². The number of carbonyl (C=O) groups is 1. The normalized spacial score (nSPS) is 15.5. The van der Waals surface area contributed by atoms with Gasteiger partial charge in [0.05, 0.1) is 0 Å². The van der Waals surface area contributed by atoms with Crippen molar-refractivity contribution >= 4 is 39.3 Å². The van der Waals surface area contributed by atoms with Crippen molar-refractivity contribution in [1.82, 2.24) is 24.8 Å². The number of carbonyl (C=O) groups excluding carboxylic acids is 1. The summed E-state index contributed by atoms with van der Waals surface area (Å²) in [5.41, 5.74) is 3.83. The Morgan fingerprint density at radius 2 is 1.82 bits per heavy atom. The average molecular weight is 394 g/mol. The summed E-state index contributed by atoms with van der Waals surface area (Å²) in [5.74, 6) is 0.0451. The number of fused-ring (bicyclic) bond motifs is 2. The summed E-state index contributed by atoms with van der Waals surface area (Å²) in [6, 6.07) is 11.6. The largest absolute Gasteiger partial charge is 0.357 e. The molecule has 7 heteroatoms. The topological polar surface area (TPSA) is 68.0 Å². The molecule has 1 amide bonds. The number of aromatic amines is 2. The fourth-order valence-corrected chi connectivity index (χ4v) is 4.04. The van der Waals surface area contributed by atoms with Crippen molar-refractivity contribution < 1.29 is 4.79 Å². The van der Waals surface area contributed by atoms with E-state index in [-0.39, 0.29) is 5.91 Å². The summed E-state index contributed by atoms with van der Waals surface area (Å²) in [4.78, 5) is 28.0. The van der Waals surface area contributed by atoms with Gasteiger partial charge in [0.1, 0.15) is 5.69 Å². The van der Waals surface area contributed by atoms with Gasteiger partial charge in [0, 0.05) is 77.6 Å². The monoisotopic (exact) mass is 393 g/mol. The van der Waals surface area contributed by atoms with Gasteiger partial charge >= 0.3 is 0 Å². The van der Waals surface area contributed by atoms with Crippen LogP contribution in [0.3, 0.4) is 0 Å². The molecule has 3 aromatic heterocycles. The number of H-pyrrole nitrogens is 2. The van der Waals surface area contributed by atoms with Gasteiger partial charge in [-0.3, -0.25) is 14.7 Å². The van der Waals surface area contributed by atoms with Crippen molar-refractivity contribution in [2.45, 2.75) is 6.54 Å². The fourth-order valence-electron chi connectivity index (χ4n) is 3.86. The van der Waals surface area contributed by atoms with Crippen LogP contribution in [0.5, 0.6) is 0 Å². The number of nitrogens with one attached hydrogen (secondary N) is 2. The minimum atomic E-state index is 0.0451. The molecule has 1 fully saturated rings. The van der Waals surface area contributed by atoms with Crippen LogP contribution < -0.4 is 0 Å². The maximum absolute atomic E-state index is 12.9. The van der Waals surface area contributed by atoms with Crippen LogP contribution in [0.2, 0.25) is 5.02 Å². The van der Waals surface area contributed by atoms with Crippen LogP contribution in [0.25, 0.3) is 21.8 Å². The number of benzene rings is 1. The maximum atomic E-state index is 12.9. The number of aromatic nitrogens is 3. The first-order valence-electron chi connectivity index (χ1n) is 9.37. The second-order valence-corrected chi connectivity index (χ2v) is 7.68. The molecule has 1 saturated heterocycles. The van der Waals surface area contributed by atoms with Gasteiger partial charge in [0.15, 0.2) is 0 Å². The zero-order valence-electron chi connectivity index (χ0n) is 15.3. The number of amides is 1. The second-order valence-electron chi connectivity index (χ2n) is 7.24. The number of halogens is 1. The molecule has 1 aliphatic heterocycles. The minimum Gasteiger partial charge on any atom is -0.357 e. The fraction of sp³-hybridized carbons (Fsp3) is 0.238. The second kappa shape index (κ2) is 6.96. The molecule has 0 unspecified atom stereocenters. The third kappa shape index (κ3) is 3.25. The Balaban J connectivity index is 1.24. The maximum Gasteiger partial charge on any atom is 0.270 e. The number of hydrogen-bond donors (Lipinski definition) is 2. The predicted molar refractivity (Wildman–Crippen MR) is 111 cm³/mol. The lowest BCUT2D eigenvalue weighted by molar-refractivity contribution is 0.0622. The quantitative estimate of drug-likeness (QED) is 0.558. The van der Waals surface area contributed by atoms with E-state index in [1.807, 2.05) is 41.4 Å². The Labute approximate surface area is 167 Å². The molecular weight excluding hydrogens is 374 g/mol. The van der Waals surface area contributed by atoms with Crippen LogP contribution >= 0.6 is 11.6 Å². The number of rotatable bonds is 3. The molecule has 0 atom stereocenters. The molecule has 0 saturated carbocycles. The van der Waals surface area contributed by atoms with Crippen LogP contribution in [-0.4, -0.2) is 56.8 Å². The highest BCUT2D eigenvalue weighted by molar-refractivity contribution is 6.31. The van der Waals surface area contributed by atoms with E-state index in [1.165, 1.54) is 5.69 Å². The van der Waals surface area contributed by atoms with E-state index in [0.717, 1.165) is 54.5 Å². The number of nitrogens with zero attached hydrogens (tertiary/aromatic N) is 3. The Bertz CT molecular complexity index is 1120. The summed E-state index contributed by atoms with van der Waals surface area (Å²) in [6.07, 6.45) is 3.67. The number of pyridine rings is 1. The third-order valence-corrected chi connectivity index (χ3v) is 5.58. The molecule has 1 aliphatic rings. The van der Waals surface area contributed by atoms with E-state index in [2.05, 4.69) is 25.9 Å². The summed E-state index contributed by atoms with van der Waals surface area (Å²) in [6.45, 7) is 3.99. The molecule has 0 bridgehead atoms. The highest BCUT2D eigenvalue weighted by atomic mass is 35.5. The highest BCUT2D eigenvalue weighted by Crippen LogP contribution is 2.21. The average Bonchev–Trinajstić information content (AvgIpc) is 3.31. The van der Waals surface area contributed by atoms with E-state index in [4.69, 9.17) is 11.6 Å². The first-order chi connectivity index (χ1) is 13.7. The first kappa shape index (κ1) is 17.3. The number of hydrogen-bond acceptors (Lipinski definition) is 3. The summed E-state index contributed by atoms with van der Waals surface area (Å²) in [7, 11) is 0. The van der Waals surface area contributed by atoms with Crippen molar-refractivity contribution in [2.24, 2.45) is 0 Å². The Morgan fingerprint density at radius 1 is 1.00 bits per heavy atom. The van der Waals surface area contributed by atoms with Crippen molar-refractivity contribution in [3.8, 4) is 0 Å². The Kier molecular flexibility index (Phi) is 4.30. The van der Waals surface area contributed by atoms with Crippen molar-refractivity contribution in [1.29, 1.82) is 0 Å². The van der Waals surface area contributed by atoms with Gasteiger partial charge in [-0.25, -0.2) is 0 Å². The van der Waals surface area contributed by atoms with Crippen LogP contribution in [-0.2, 0) is 6.54 Å². The molecule has 6 nitrogen and oxygen atoms in total. The zero-order valence-corrected chi connectivity index (χ0v) is 16.0. The van der Waals surface area contributed by atoms with E-state index in [9.17, 15) is 4.79 Å². The molecular formula is C21H20ClN5O. The summed E-state index contributed by atoms with van der Waals surface area (Å²) in [5, 5.41) is 2.76. The van der Waals surface area contributed by atoms with Crippen LogP contribution in [0.15, 0.2) is 48.8 Å². The SMILES string of the molecule is O=C(c1cc2cc(Cl)ccc2[nH]1)N1CCN(Cc2cc3cnccc3[nH]2)CC1. The van der Waals surface area contributed by atoms with Crippen molar-refractivity contribution in [3.05, 3.63) is 65.2 Å². The molecule has 5 rings (SSSR count). The standard InChI is InChI=1S/C21H20ClN5O/c22-16-1-2-18-14(9-16)11-20(25-18)21(28)27-7-5-26(6-8-27)13-17-10-15-12-23-4-3-19(15)24-17/h1-4,9-12,24-25H,5-8,13H2. The lowest BCUT2D eigenvalue weighted by atomic mass is 10.2. The van der Waals surface area contributed by atoms with Crippen molar-refractivity contribution in [2.75, 3.05) is 26.2 Å². The van der Waals surface area contributed by atoms with E-state index >= 15 is 0 Å². The third-order valence-electron chi connectivity index (χ3n) is 5.34. The predicted octanol–water partition coefficient (Wildman–Crippen LogP) is 3.66. The molecule has 2 N–H and O–H groups in total. The summed E-state index contributed by atoms with van der Waals surface area (Å²) < 4.78 is 0. The van der Waals surface area contributed by atoms with Gasteiger partial charge in [-0.05, 0) is 36.4 Å². The van der Waals surface area contributed by atoms with E-state index < -0.39 is 0 Å².